The van der Waals surface area contributed by atoms with E-state index in [1.54, 1.807) is 7.11 Å². The van der Waals surface area contributed by atoms with Gasteiger partial charge >= 0.3 is 0 Å². The van der Waals surface area contributed by atoms with Gasteiger partial charge in [0, 0.05) is 12.6 Å². The molecule has 2 N–H and O–H groups in total. The molecular formula is C18H28N2O2. The molecule has 3 atom stereocenters. The molecule has 122 valence electrons. The van der Waals surface area contributed by atoms with Crippen molar-refractivity contribution < 1.29 is 9.53 Å². The van der Waals surface area contributed by atoms with Crippen molar-refractivity contribution in [2.45, 2.75) is 58.2 Å². The van der Waals surface area contributed by atoms with Gasteiger partial charge in [-0.2, -0.15) is 0 Å². The molecule has 1 saturated carbocycles. The Morgan fingerprint density at radius 3 is 2.86 bits per heavy atom. The van der Waals surface area contributed by atoms with E-state index in [0.29, 0.717) is 18.5 Å². The molecule has 1 amide bonds. The molecule has 1 aliphatic rings. The summed E-state index contributed by atoms with van der Waals surface area (Å²) in [5, 5.41) is 6.49. The van der Waals surface area contributed by atoms with Crippen LogP contribution in [0.15, 0.2) is 24.3 Å². The Kier molecular flexibility index (Phi) is 6.25. The molecule has 1 aliphatic carbocycles. The zero-order valence-corrected chi connectivity index (χ0v) is 13.9. The van der Waals surface area contributed by atoms with Gasteiger partial charge in [-0.05, 0) is 43.4 Å². The lowest BCUT2D eigenvalue weighted by atomic mass is 9.86. The number of hydrogen-bond acceptors (Lipinski definition) is 3. The molecular weight excluding hydrogens is 276 g/mol. The lowest BCUT2D eigenvalue weighted by Crippen LogP contribution is -2.48. The summed E-state index contributed by atoms with van der Waals surface area (Å²) in [6.07, 6.45) is 4.84. The van der Waals surface area contributed by atoms with E-state index in [2.05, 4.69) is 17.6 Å². The van der Waals surface area contributed by atoms with Gasteiger partial charge in [-0.25, -0.2) is 0 Å². The number of ether oxygens (including phenoxy) is 1. The van der Waals surface area contributed by atoms with Crippen LogP contribution in [0.1, 0.15) is 45.1 Å². The summed E-state index contributed by atoms with van der Waals surface area (Å²) in [6, 6.07) is 8.04. The van der Waals surface area contributed by atoms with E-state index in [0.717, 1.165) is 17.7 Å². The van der Waals surface area contributed by atoms with Crippen LogP contribution in [-0.2, 0) is 11.3 Å². The lowest BCUT2D eigenvalue weighted by Gasteiger charge is -2.30. The Morgan fingerprint density at radius 2 is 2.14 bits per heavy atom. The first-order valence-electron chi connectivity index (χ1n) is 8.27. The van der Waals surface area contributed by atoms with E-state index in [1.165, 1.54) is 19.3 Å². The van der Waals surface area contributed by atoms with Crippen LogP contribution < -0.4 is 15.4 Å². The van der Waals surface area contributed by atoms with Crippen LogP contribution in [0, 0.1) is 5.92 Å². The van der Waals surface area contributed by atoms with Crippen molar-refractivity contribution in [3.8, 4) is 5.75 Å². The zero-order chi connectivity index (χ0) is 15.9. The summed E-state index contributed by atoms with van der Waals surface area (Å²) in [6.45, 7) is 4.81. The van der Waals surface area contributed by atoms with Gasteiger partial charge in [-0.1, -0.05) is 31.9 Å². The molecule has 1 aromatic carbocycles. The average molecular weight is 304 g/mol. The molecule has 1 aromatic rings. The molecule has 4 heteroatoms. The fourth-order valence-electron chi connectivity index (χ4n) is 2.98. The summed E-state index contributed by atoms with van der Waals surface area (Å²) in [7, 11) is 1.66. The first-order valence-corrected chi connectivity index (χ1v) is 8.27. The van der Waals surface area contributed by atoms with Crippen LogP contribution in [0.5, 0.6) is 5.75 Å². The second-order valence-corrected chi connectivity index (χ2v) is 6.33. The molecule has 0 saturated heterocycles. The summed E-state index contributed by atoms with van der Waals surface area (Å²) >= 11 is 0. The maximum Gasteiger partial charge on any atom is 0.237 e. The van der Waals surface area contributed by atoms with Crippen molar-refractivity contribution in [1.29, 1.82) is 0 Å². The average Bonchev–Trinajstić information content (AvgIpc) is 2.54. The number of methoxy groups -OCH3 is 1. The monoisotopic (exact) mass is 304 g/mol. The highest BCUT2D eigenvalue weighted by atomic mass is 16.5. The highest BCUT2D eigenvalue weighted by Gasteiger charge is 2.24. The molecule has 0 unspecified atom stereocenters. The Balaban J connectivity index is 1.80. The standard InChI is InChI=1S/C18H28N2O2/c1-13-7-4-5-10-17(13)20-18(21)14(2)19-12-15-8-6-9-16(11-15)22-3/h6,8-9,11,13-14,17,19H,4-5,7,10,12H2,1-3H3,(H,20,21)/t13-,14+,17-/m0/s1. The van der Waals surface area contributed by atoms with Crippen LogP contribution >= 0.6 is 0 Å². The number of amides is 1. The van der Waals surface area contributed by atoms with Crippen molar-refractivity contribution >= 4 is 5.91 Å². The van der Waals surface area contributed by atoms with E-state index in [4.69, 9.17) is 4.74 Å². The fourth-order valence-corrected chi connectivity index (χ4v) is 2.98. The highest BCUT2D eigenvalue weighted by molar-refractivity contribution is 5.81. The largest absolute Gasteiger partial charge is 0.497 e. The number of nitrogens with one attached hydrogen (secondary N) is 2. The molecule has 0 aliphatic heterocycles. The predicted octanol–water partition coefficient (Wildman–Crippen LogP) is 2.87. The van der Waals surface area contributed by atoms with E-state index in [-0.39, 0.29) is 11.9 Å². The normalized spacial score (nSPS) is 22.9. The van der Waals surface area contributed by atoms with E-state index >= 15 is 0 Å². The predicted molar refractivity (Wildman–Crippen MR) is 88.9 cm³/mol. The molecule has 0 heterocycles. The minimum absolute atomic E-state index is 0.0987. The van der Waals surface area contributed by atoms with Crippen molar-refractivity contribution in [3.63, 3.8) is 0 Å². The van der Waals surface area contributed by atoms with Crippen LogP contribution in [0.4, 0.5) is 0 Å². The summed E-state index contributed by atoms with van der Waals surface area (Å²) in [5.41, 5.74) is 1.12. The van der Waals surface area contributed by atoms with Crippen molar-refractivity contribution in [2.75, 3.05) is 7.11 Å². The van der Waals surface area contributed by atoms with E-state index in [1.807, 2.05) is 31.2 Å². The Morgan fingerprint density at radius 1 is 1.36 bits per heavy atom. The molecule has 0 spiro atoms. The molecule has 0 bridgehead atoms. The third-order valence-corrected chi connectivity index (χ3v) is 4.58. The van der Waals surface area contributed by atoms with Gasteiger partial charge in [0.1, 0.15) is 5.75 Å². The van der Waals surface area contributed by atoms with Gasteiger partial charge in [0.2, 0.25) is 5.91 Å². The maximum atomic E-state index is 12.3. The first-order chi connectivity index (χ1) is 10.6. The van der Waals surface area contributed by atoms with Crippen molar-refractivity contribution in [1.82, 2.24) is 10.6 Å². The van der Waals surface area contributed by atoms with Crippen LogP contribution in [0.2, 0.25) is 0 Å². The Hall–Kier alpha value is -1.55. The van der Waals surface area contributed by atoms with E-state index < -0.39 is 0 Å². The smallest absolute Gasteiger partial charge is 0.237 e. The maximum absolute atomic E-state index is 12.3. The number of rotatable bonds is 6. The number of carbonyl (C=O) groups excluding carboxylic acids is 1. The topological polar surface area (TPSA) is 50.4 Å². The molecule has 0 aromatic heterocycles. The van der Waals surface area contributed by atoms with Gasteiger partial charge in [0.15, 0.2) is 0 Å². The molecule has 22 heavy (non-hydrogen) atoms. The number of benzene rings is 1. The number of carbonyl (C=O) groups is 1. The zero-order valence-electron chi connectivity index (χ0n) is 13.9. The summed E-state index contributed by atoms with van der Waals surface area (Å²) in [5.74, 6) is 1.53. The molecule has 1 fully saturated rings. The fraction of sp³-hybridized carbons (Fsp3) is 0.611. The van der Waals surface area contributed by atoms with Gasteiger partial charge in [0.25, 0.3) is 0 Å². The van der Waals surface area contributed by atoms with Crippen LogP contribution in [-0.4, -0.2) is 25.1 Å². The van der Waals surface area contributed by atoms with Gasteiger partial charge in [-0.15, -0.1) is 0 Å². The summed E-state index contributed by atoms with van der Waals surface area (Å²) < 4.78 is 5.21. The van der Waals surface area contributed by atoms with Gasteiger partial charge in [-0.3, -0.25) is 4.79 Å². The second kappa shape index (κ2) is 8.18. The van der Waals surface area contributed by atoms with Crippen LogP contribution in [0.25, 0.3) is 0 Å². The number of hydrogen-bond donors (Lipinski definition) is 2. The van der Waals surface area contributed by atoms with Gasteiger partial charge in [0.05, 0.1) is 13.2 Å². The lowest BCUT2D eigenvalue weighted by molar-refractivity contribution is -0.124. The SMILES string of the molecule is COc1cccc(CN[C@H](C)C(=O)N[C@H]2CCCC[C@@H]2C)c1. The van der Waals surface area contributed by atoms with Crippen LogP contribution in [0.3, 0.4) is 0 Å². The Labute approximate surface area is 133 Å². The van der Waals surface area contributed by atoms with E-state index in [9.17, 15) is 4.79 Å². The first kappa shape index (κ1) is 16.8. The Bertz CT molecular complexity index is 490. The quantitative estimate of drug-likeness (QED) is 0.849. The minimum atomic E-state index is -0.194. The minimum Gasteiger partial charge on any atom is -0.497 e. The third-order valence-electron chi connectivity index (χ3n) is 4.58. The molecule has 4 nitrogen and oxygen atoms in total. The second-order valence-electron chi connectivity index (χ2n) is 6.33. The highest BCUT2D eigenvalue weighted by Crippen LogP contribution is 2.23. The van der Waals surface area contributed by atoms with Crippen molar-refractivity contribution in [2.24, 2.45) is 5.92 Å². The third kappa shape index (κ3) is 4.73. The molecule has 0 radical (unpaired) electrons. The molecule has 2 rings (SSSR count). The summed E-state index contributed by atoms with van der Waals surface area (Å²) in [4.78, 5) is 12.3. The van der Waals surface area contributed by atoms with Crippen molar-refractivity contribution in [3.05, 3.63) is 29.8 Å². The van der Waals surface area contributed by atoms with Gasteiger partial charge < -0.3 is 15.4 Å².